The molecule has 36 heavy (non-hydrogen) atoms. The molecule has 0 saturated heterocycles. The van der Waals surface area contributed by atoms with E-state index in [1.807, 2.05) is 42.6 Å². The number of fused-ring (bicyclic) bond motifs is 3. The van der Waals surface area contributed by atoms with Gasteiger partial charge in [0.1, 0.15) is 0 Å². The van der Waals surface area contributed by atoms with E-state index < -0.39 is 0 Å². The van der Waals surface area contributed by atoms with Crippen LogP contribution in [-0.4, -0.2) is 15.0 Å². The van der Waals surface area contributed by atoms with Crippen LogP contribution in [0.2, 0.25) is 0 Å². The minimum Gasteiger partial charge on any atom is -0.256 e. The van der Waals surface area contributed by atoms with E-state index in [0.717, 1.165) is 66.4 Å². The molecule has 0 unspecified atom stereocenters. The van der Waals surface area contributed by atoms with Crippen molar-refractivity contribution in [3.8, 4) is 33.6 Å². The fraction of sp³-hybridized carbons (Fsp3) is 0. The van der Waals surface area contributed by atoms with Gasteiger partial charge in [-0.1, -0.05) is 78.9 Å². The van der Waals surface area contributed by atoms with Crippen LogP contribution in [-0.2, 0) is 0 Å². The van der Waals surface area contributed by atoms with Gasteiger partial charge in [-0.25, -0.2) is 9.97 Å². The Morgan fingerprint density at radius 1 is 0.361 bits per heavy atom. The second kappa shape index (κ2) is 8.40. The molecule has 0 spiro atoms. The first kappa shape index (κ1) is 20.5. The molecule has 0 amide bonds. The Bertz CT molecular complexity index is 1890. The van der Waals surface area contributed by atoms with Crippen LogP contribution in [0.25, 0.3) is 66.4 Å². The third-order valence-electron chi connectivity index (χ3n) is 6.67. The molecule has 168 valence electrons. The highest BCUT2D eigenvalue weighted by Crippen LogP contribution is 2.30. The normalized spacial score (nSPS) is 11.3. The maximum atomic E-state index is 4.99. The Hall–Kier alpha value is -4.89. The fourth-order valence-corrected chi connectivity index (χ4v) is 4.74. The number of aromatic nitrogens is 3. The monoisotopic (exact) mass is 459 g/mol. The van der Waals surface area contributed by atoms with Gasteiger partial charge in [0.05, 0.1) is 27.9 Å². The number of para-hydroxylation sites is 1. The van der Waals surface area contributed by atoms with Gasteiger partial charge in [0.15, 0.2) is 0 Å². The summed E-state index contributed by atoms with van der Waals surface area (Å²) >= 11 is 0. The Morgan fingerprint density at radius 3 is 1.92 bits per heavy atom. The summed E-state index contributed by atoms with van der Waals surface area (Å²) < 4.78 is 0. The molecule has 0 radical (unpaired) electrons. The summed E-state index contributed by atoms with van der Waals surface area (Å²) in [6.07, 6.45) is 1.90. The van der Waals surface area contributed by atoms with Crippen molar-refractivity contribution in [3.63, 3.8) is 0 Å². The number of hydrogen-bond acceptors (Lipinski definition) is 3. The van der Waals surface area contributed by atoms with E-state index in [4.69, 9.17) is 9.97 Å². The Kier molecular flexibility index (Phi) is 4.78. The van der Waals surface area contributed by atoms with E-state index in [2.05, 4.69) is 89.9 Å². The molecule has 0 saturated carbocycles. The number of pyridine rings is 3. The molecule has 7 rings (SSSR count). The van der Waals surface area contributed by atoms with Crippen LogP contribution in [0.3, 0.4) is 0 Å². The Morgan fingerprint density at radius 2 is 1.00 bits per heavy atom. The van der Waals surface area contributed by atoms with Crippen LogP contribution in [0.4, 0.5) is 0 Å². The molecule has 0 N–H and O–H groups in total. The molecule has 0 atom stereocenters. The van der Waals surface area contributed by atoms with Crippen molar-refractivity contribution >= 4 is 32.7 Å². The predicted molar refractivity (Wildman–Crippen MR) is 149 cm³/mol. The lowest BCUT2D eigenvalue weighted by molar-refractivity contribution is 1.35. The van der Waals surface area contributed by atoms with Gasteiger partial charge >= 0.3 is 0 Å². The van der Waals surface area contributed by atoms with Gasteiger partial charge in [0.25, 0.3) is 0 Å². The number of nitrogens with zero attached hydrogens (tertiary/aromatic N) is 3. The highest BCUT2D eigenvalue weighted by Gasteiger charge is 2.08. The second-order valence-corrected chi connectivity index (χ2v) is 8.99. The summed E-state index contributed by atoms with van der Waals surface area (Å²) in [5, 5.41) is 3.35. The lowest BCUT2D eigenvalue weighted by Gasteiger charge is -2.08. The lowest BCUT2D eigenvalue weighted by atomic mass is 10.0. The highest BCUT2D eigenvalue weighted by molar-refractivity contribution is 5.91. The van der Waals surface area contributed by atoms with Crippen molar-refractivity contribution in [1.82, 2.24) is 15.0 Å². The average Bonchev–Trinajstić information content (AvgIpc) is 2.96. The summed E-state index contributed by atoms with van der Waals surface area (Å²) in [5.74, 6) is 0. The smallest absolute Gasteiger partial charge is 0.0725 e. The molecule has 0 aliphatic heterocycles. The minimum atomic E-state index is 0.925. The minimum absolute atomic E-state index is 0.925. The Balaban J connectivity index is 1.27. The van der Waals surface area contributed by atoms with Crippen molar-refractivity contribution in [1.29, 1.82) is 0 Å². The van der Waals surface area contributed by atoms with Crippen LogP contribution in [0, 0.1) is 0 Å². The zero-order valence-electron chi connectivity index (χ0n) is 19.5. The molecular weight excluding hydrogens is 438 g/mol. The third kappa shape index (κ3) is 3.68. The first-order valence-electron chi connectivity index (χ1n) is 12.0. The van der Waals surface area contributed by atoms with Crippen LogP contribution < -0.4 is 0 Å². The SMILES string of the molecule is c1ccc(-c2ccc3cc(-c4ccc5ccc(-c6cnc7ccccc7c6)nc5c4)ccc3n2)cc1. The molecule has 0 aliphatic carbocycles. The first-order valence-corrected chi connectivity index (χ1v) is 12.0. The third-order valence-corrected chi connectivity index (χ3v) is 6.67. The fourth-order valence-electron chi connectivity index (χ4n) is 4.74. The van der Waals surface area contributed by atoms with E-state index in [9.17, 15) is 0 Å². The van der Waals surface area contributed by atoms with Crippen LogP contribution in [0.1, 0.15) is 0 Å². The van der Waals surface area contributed by atoms with Gasteiger partial charge in [-0.3, -0.25) is 4.98 Å². The summed E-state index contributed by atoms with van der Waals surface area (Å²) in [7, 11) is 0. The van der Waals surface area contributed by atoms with E-state index in [0.29, 0.717) is 0 Å². The van der Waals surface area contributed by atoms with E-state index in [1.165, 1.54) is 0 Å². The second-order valence-electron chi connectivity index (χ2n) is 8.99. The summed E-state index contributed by atoms with van der Waals surface area (Å²) in [6, 6.07) is 42.0. The molecule has 0 aliphatic rings. The number of benzene rings is 4. The molecule has 3 heteroatoms. The molecule has 3 nitrogen and oxygen atoms in total. The summed E-state index contributed by atoms with van der Waals surface area (Å²) in [5.41, 5.74) is 9.30. The predicted octanol–water partition coefficient (Wildman–Crippen LogP) is 8.33. The Labute approximate surface area is 208 Å². The zero-order valence-corrected chi connectivity index (χ0v) is 19.5. The van der Waals surface area contributed by atoms with Crippen molar-refractivity contribution < 1.29 is 0 Å². The van der Waals surface area contributed by atoms with Crippen molar-refractivity contribution in [2.75, 3.05) is 0 Å². The van der Waals surface area contributed by atoms with Crippen LogP contribution in [0.15, 0.2) is 128 Å². The van der Waals surface area contributed by atoms with Gasteiger partial charge in [0, 0.05) is 33.5 Å². The molecule has 4 aromatic carbocycles. The van der Waals surface area contributed by atoms with Gasteiger partial charge in [-0.05, 0) is 53.6 Å². The highest BCUT2D eigenvalue weighted by atomic mass is 14.7. The van der Waals surface area contributed by atoms with E-state index >= 15 is 0 Å². The van der Waals surface area contributed by atoms with Gasteiger partial charge in [-0.2, -0.15) is 0 Å². The maximum Gasteiger partial charge on any atom is 0.0725 e. The topological polar surface area (TPSA) is 38.7 Å². The lowest BCUT2D eigenvalue weighted by Crippen LogP contribution is -1.89. The molecule has 0 fully saturated rings. The maximum absolute atomic E-state index is 4.99. The molecule has 7 aromatic rings. The van der Waals surface area contributed by atoms with E-state index in [-0.39, 0.29) is 0 Å². The van der Waals surface area contributed by atoms with Crippen molar-refractivity contribution in [2.24, 2.45) is 0 Å². The van der Waals surface area contributed by atoms with E-state index in [1.54, 1.807) is 0 Å². The zero-order chi connectivity index (χ0) is 23.9. The van der Waals surface area contributed by atoms with Crippen LogP contribution in [0.5, 0.6) is 0 Å². The molecule has 0 bridgehead atoms. The van der Waals surface area contributed by atoms with Crippen molar-refractivity contribution in [2.45, 2.75) is 0 Å². The van der Waals surface area contributed by atoms with Crippen LogP contribution >= 0.6 is 0 Å². The first-order chi connectivity index (χ1) is 17.8. The van der Waals surface area contributed by atoms with Gasteiger partial charge < -0.3 is 0 Å². The van der Waals surface area contributed by atoms with Crippen molar-refractivity contribution in [3.05, 3.63) is 128 Å². The average molecular weight is 460 g/mol. The molecule has 3 heterocycles. The molecule has 3 aromatic heterocycles. The van der Waals surface area contributed by atoms with Gasteiger partial charge in [-0.15, -0.1) is 0 Å². The summed E-state index contributed by atoms with van der Waals surface area (Å²) in [4.78, 5) is 14.5. The molecular formula is C33H21N3. The quantitative estimate of drug-likeness (QED) is 0.267. The standard InChI is InChI=1S/C33H21N3/c1-2-6-22(7-3-1)30-17-14-27-18-24(13-16-31(27)35-30)25-11-10-23-12-15-32(36-33(23)20-25)28-19-26-8-4-5-9-29(26)34-21-28/h1-21H. The number of hydrogen-bond donors (Lipinski definition) is 0. The largest absolute Gasteiger partial charge is 0.256 e. The summed E-state index contributed by atoms with van der Waals surface area (Å²) in [6.45, 7) is 0. The number of rotatable bonds is 3. The van der Waals surface area contributed by atoms with Gasteiger partial charge in [0.2, 0.25) is 0 Å².